The van der Waals surface area contributed by atoms with Gasteiger partial charge in [0.2, 0.25) is 0 Å². The second kappa shape index (κ2) is 6.04. The Morgan fingerprint density at radius 2 is 1.96 bits per heavy atom. The lowest BCUT2D eigenvalue weighted by atomic mass is 9.86. The third-order valence-corrected chi connectivity index (χ3v) is 3.98. The molecule has 1 aromatic carbocycles. The van der Waals surface area contributed by atoms with Crippen LogP contribution in [0.1, 0.15) is 28.5 Å². The topological polar surface area (TPSA) is 51.2 Å². The van der Waals surface area contributed by atoms with Crippen molar-refractivity contribution in [1.82, 2.24) is 10.3 Å². The summed E-state index contributed by atoms with van der Waals surface area (Å²) in [5.74, 6) is -1.87. The van der Waals surface area contributed by atoms with Crippen LogP contribution in [0, 0.1) is 11.6 Å². The Kier molecular flexibility index (Phi) is 4.09. The summed E-state index contributed by atoms with van der Waals surface area (Å²) in [6.45, 7) is 1.95. The van der Waals surface area contributed by atoms with Crippen LogP contribution in [0.15, 0.2) is 36.5 Å². The summed E-state index contributed by atoms with van der Waals surface area (Å²) in [5, 5.41) is 2.71. The molecule has 23 heavy (non-hydrogen) atoms. The number of hydrogen-bond acceptors (Lipinski definition) is 3. The van der Waals surface area contributed by atoms with Gasteiger partial charge in [-0.15, -0.1) is 0 Å². The fraction of sp³-hybridized carbons (Fsp3) is 0.294. The number of pyridine rings is 1. The Labute approximate surface area is 132 Å². The molecule has 1 saturated heterocycles. The molecule has 0 spiro atoms. The molecule has 0 aliphatic carbocycles. The smallest absolute Gasteiger partial charge is 0.271 e. The standard InChI is InChI=1S/C17H16F2N2O2/c1-2-11-5-4-8-20-15(11)16(22)21-17(9-23-10-17)14-12(18)6-3-7-13(14)19/h3-8H,2,9-10H2,1H3,(H,21,22). The van der Waals surface area contributed by atoms with E-state index < -0.39 is 23.1 Å². The Hall–Kier alpha value is -2.34. The first-order valence-electron chi connectivity index (χ1n) is 7.36. The molecular weight excluding hydrogens is 302 g/mol. The summed E-state index contributed by atoms with van der Waals surface area (Å²) in [7, 11) is 0. The Morgan fingerprint density at radius 3 is 2.52 bits per heavy atom. The number of ether oxygens (including phenoxy) is 1. The monoisotopic (exact) mass is 318 g/mol. The zero-order valence-corrected chi connectivity index (χ0v) is 12.6. The van der Waals surface area contributed by atoms with Crippen molar-refractivity contribution in [3.63, 3.8) is 0 Å². The van der Waals surface area contributed by atoms with Gasteiger partial charge < -0.3 is 10.1 Å². The number of aryl methyl sites for hydroxylation is 1. The number of halogens is 2. The molecule has 2 aromatic rings. The van der Waals surface area contributed by atoms with Gasteiger partial charge in [-0.2, -0.15) is 0 Å². The second-order valence-electron chi connectivity index (χ2n) is 5.49. The molecule has 2 heterocycles. The van der Waals surface area contributed by atoms with Crippen LogP contribution in [0.3, 0.4) is 0 Å². The van der Waals surface area contributed by atoms with E-state index in [1.165, 1.54) is 24.4 Å². The zero-order chi connectivity index (χ0) is 16.4. The van der Waals surface area contributed by atoms with Crippen LogP contribution in [-0.2, 0) is 16.7 Å². The highest BCUT2D eigenvalue weighted by Crippen LogP contribution is 2.33. The van der Waals surface area contributed by atoms with Crippen LogP contribution in [0.2, 0.25) is 0 Å². The van der Waals surface area contributed by atoms with Gasteiger partial charge in [0.15, 0.2) is 0 Å². The first-order valence-corrected chi connectivity index (χ1v) is 7.36. The lowest BCUT2D eigenvalue weighted by Gasteiger charge is -2.42. The molecule has 120 valence electrons. The van der Waals surface area contributed by atoms with Gasteiger partial charge in [0, 0.05) is 6.20 Å². The van der Waals surface area contributed by atoms with E-state index in [0.29, 0.717) is 6.42 Å². The minimum Gasteiger partial charge on any atom is -0.376 e. The number of nitrogens with zero attached hydrogens (tertiary/aromatic N) is 1. The zero-order valence-electron chi connectivity index (χ0n) is 12.6. The SMILES string of the molecule is CCc1cccnc1C(=O)NC1(c2c(F)cccc2F)COC1. The number of amides is 1. The molecule has 0 saturated carbocycles. The van der Waals surface area contributed by atoms with Crippen molar-refractivity contribution in [1.29, 1.82) is 0 Å². The number of nitrogens with one attached hydrogen (secondary N) is 1. The second-order valence-corrected chi connectivity index (χ2v) is 5.49. The molecule has 6 heteroatoms. The molecule has 1 N–H and O–H groups in total. The van der Waals surface area contributed by atoms with E-state index in [0.717, 1.165) is 5.56 Å². The normalized spacial score (nSPS) is 15.8. The number of hydrogen-bond donors (Lipinski definition) is 1. The first kappa shape index (κ1) is 15.6. The predicted molar refractivity (Wildman–Crippen MR) is 79.9 cm³/mol. The predicted octanol–water partition coefficient (Wildman–Crippen LogP) is 2.58. The number of rotatable bonds is 4. The number of carbonyl (C=O) groups is 1. The van der Waals surface area contributed by atoms with Gasteiger partial charge in [0.1, 0.15) is 22.9 Å². The Morgan fingerprint density at radius 1 is 1.26 bits per heavy atom. The number of aromatic nitrogens is 1. The molecule has 0 radical (unpaired) electrons. The Bertz CT molecular complexity index is 725. The van der Waals surface area contributed by atoms with Crippen molar-refractivity contribution in [2.75, 3.05) is 13.2 Å². The van der Waals surface area contributed by atoms with Gasteiger partial charge in [0.05, 0.1) is 18.8 Å². The van der Waals surface area contributed by atoms with Gasteiger partial charge >= 0.3 is 0 Å². The fourth-order valence-corrected chi connectivity index (χ4v) is 2.75. The molecule has 0 bridgehead atoms. The Balaban J connectivity index is 1.95. The molecule has 0 atom stereocenters. The summed E-state index contributed by atoms with van der Waals surface area (Å²) in [4.78, 5) is 16.6. The summed E-state index contributed by atoms with van der Waals surface area (Å²) < 4.78 is 33.3. The van der Waals surface area contributed by atoms with Crippen molar-refractivity contribution < 1.29 is 18.3 Å². The molecule has 1 amide bonds. The van der Waals surface area contributed by atoms with Crippen molar-refractivity contribution in [2.24, 2.45) is 0 Å². The molecule has 1 aliphatic rings. The largest absolute Gasteiger partial charge is 0.376 e. The summed E-state index contributed by atoms with van der Waals surface area (Å²) in [6.07, 6.45) is 2.15. The average molecular weight is 318 g/mol. The van der Waals surface area contributed by atoms with Crippen molar-refractivity contribution in [2.45, 2.75) is 18.9 Å². The van der Waals surface area contributed by atoms with Gasteiger partial charge in [-0.3, -0.25) is 9.78 Å². The highest BCUT2D eigenvalue weighted by molar-refractivity contribution is 5.94. The fourth-order valence-electron chi connectivity index (χ4n) is 2.75. The van der Waals surface area contributed by atoms with Crippen LogP contribution < -0.4 is 5.32 Å². The first-order chi connectivity index (χ1) is 11.1. The van der Waals surface area contributed by atoms with Gasteiger partial charge in [-0.1, -0.05) is 19.1 Å². The lowest BCUT2D eigenvalue weighted by Crippen LogP contribution is -2.60. The molecule has 1 aromatic heterocycles. The van der Waals surface area contributed by atoms with Crippen LogP contribution in [0.5, 0.6) is 0 Å². The minimum atomic E-state index is -1.20. The lowest BCUT2D eigenvalue weighted by molar-refractivity contribution is -0.0766. The van der Waals surface area contributed by atoms with Crippen LogP contribution in [-0.4, -0.2) is 24.1 Å². The van der Waals surface area contributed by atoms with Crippen LogP contribution in [0.4, 0.5) is 8.78 Å². The third kappa shape index (κ3) is 2.70. The van der Waals surface area contributed by atoms with Crippen molar-refractivity contribution in [3.8, 4) is 0 Å². The van der Waals surface area contributed by atoms with Crippen LogP contribution in [0.25, 0.3) is 0 Å². The third-order valence-electron chi connectivity index (χ3n) is 3.98. The molecule has 4 nitrogen and oxygen atoms in total. The average Bonchev–Trinajstić information content (AvgIpc) is 2.51. The quantitative estimate of drug-likeness (QED) is 0.943. The minimum absolute atomic E-state index is 0.0187. The number of carbonyl (C=O) groups excluding carboxylic acids is 1. The van der Waals surface area contributed by atoms with Crippen molar-refractivity contribution >= 4 is 5.91 Å². The van der Waals surface area contributed by atoms with Gasteiger partial charge in [0.25, 0.3) is 5.91 Å². The molecule has 3 rings (SSSR count). The summed E-state index contributed by atoms with van der Waals surface area (Å²) >= 11 is 0. The molecular formula is C17H16F2N2O2. The molecule has 0 unspecified atom stereocenters. The van der Waals surface area contributed by atoms with E-state index in [2.05, 4.69) is 10.3 Å². The molecule has 1 fully saturated rings. The van der Waals surface area contributed by atoms with Gasteiger partial charge in [-0.25, -0.2) is 8.78 Å². The maximum atomic E-state index is 14.1. The maximum Gasteiger partial charge on any atom is 0.271 e. The van der Waals surface area contributed by atoms with Gasteiger partial charge in [-0.05, 0) is 30.2 Å². The van der Waals surface area contributed by atoms with E-state index in [1.54, 1.807) is 12.1 Å². The van der Waals surface area contributed by atoms with E-state index in [1.807, 2.05) is 6.92 Å². The summed E-state index contributed by atoms with van der Waals surface area (Å²) in [6, 6.07) is 7.17. The number of benzene rings is 1. The van der Waals surface area contributed by atoms with E-state index in [9.17, 15) is 13.6 Å². The van der Waals surface area contributed by atoms with E-state index in [4.69, 9.17) is 4.74 Å². The molecule has 1 aliphatic heterocycles. The van der Waals surface area contributed by atoms with Crippen LogP contribution >= 0.6 is 0 Å². The van der Waals surface area contributed by atoms with Crippen molar-refractivity contribution in [3.05, 3.63) is 65.0 Å². The highest BCUT2D eigenvalue weighted by Gasteiger charge is 2.46. The maximum absolute atomic E-state index is 14.1. The van der Waals surface area contributed by atoms with E-state index in [-0.39, 0.29) is 24.5 Å². The highest BCUT2D eigenvalue weighted by atomic mass is 19.1. The van der Waals surface area contributed by atoms with E-state index >= 15 is 0 Å². The summed E-state index contributed by atoms with van der Waals surface area (Å²) in [5.41, 5.74) is -0.337.